The van der Waals surface area contributed by atoms with E-state index >= 15 is 0 Å². The summed E-state index contributed by atoms with van der Waals surface area (Å²) in [5.41, 5.74) is 5.88. The van der Waals surface area contributed by atoms with E-state index in [-0.39, 0.29) is 0 Å². The van der Waals surface area contributed by atoms with E-state index in [1.165, 1.54) is 22.2 Å². The lowest BCUT2D eigenvalue weighted by Gasteiger charge is -2.31. The van der Waals surface area contributed by atoms with Gasteiger partial charge in [0.15, 0.2) is 0 Å². The molecule has 0 aliphatic carbocycles. The van der Waals surface area contributed by atoms with Crippen molar-refractivity contribution in [3.05, 3.63) is 60.2 Å². The molecular weight excluding hydrogens is 282 g/mol. The molecule has 0 bridgehead atoms. The van der Waals surface area contributed by atoms with Gasteiger partial charge in [-0.2, -0.15) is 0 Å². The summed E-state index contributed by atoms with van der Waals surface area (Å²) < 4.78 is 0. The van der Waals surface area contributed by atoms with Gasteiger partial charge in [-0.15, -0.1) is 0 Å². The van der Waals surface area contributed by atoms with Crippen molar-refractivity contribution in [1.29, 1.82) is 0 Å². The molecule has 4 rings (SSSR count). The molecule has 1 saturated heterocycles. The minimum Gasteiger partial charge on any atom is -0.368 e. The molecule has 1 aliphatic rings. The van der Waals surface area contributed by atoms with E-state index in [2.05, 4.69) is 65.7 Å². The Morgan fingerprint density at radius 2 is 1.74 bits per heavy atom. The van der Waals surface area contributed by atoms with Crippen LogP contribution in [-0.4, -0.2) is 31.2 Å². The lowest BCUT2D eigenvalue weighted by atomic mass is 10.0. The first-order valence-electron chi connectivity index (χ1n) is 8.24. The van der Waals surface area contributed by atoms with Crippen LogP contribution in [0.15, 0.2) is 54.6 Å². The zero-order chi connectivity index (χ0) is 15.6. The number of hydrogen-bond donors (Lipinski definition) is 1. The minimum absolute atomic E-state index is 1.04. The summed E-state index contributed by atoms with van der Waals surface area (Å²) in [6.07, 6.45) is 0. The lowest BCUT2D eigenvalue weighted by Crippen LogP contribution is -2.43. The van der Waals surface area contributed by atoms with Crippen LogP contribution in [0.25, 0.3) is 22.2 Å². The van der Waals surface area contributed by atoms with Crippen LogP contribution in [0.4, 0.5) is 5.69 Å². The van der Waals surface area contributed by atoms with Gasteiger partial charge in [-0.25, -0.2) is 4.98 Å². The summed E-state index contributed by atoms with van der Waals surface area (Å²) in [5, 5.41) is 4.69. The highest BCUT2D eigenvalue weighted by Gasteiger charge is 2.16. The Hall–Kier alpha value is -2.39. The highest BCUT2D eigenvalue weighted by atomic mass is 15.2. The van der Waals surface area contributed by atoms with Crippen molar-refractivity contribution >= 4 is 16.6 Å². The van der Waals surface area contributed by atoms with Gasteiger partial charge in [0.1, 0.15) is 0 Å². The first kappa shape index (κ1) is 14.2. The lowest BCUT2D eigenvalue weighted by molar-refractivity contribution is 0.590. The van der Waals surface area contributed by atoms with Crippen LogP contribution >= 0.6 is 0 Å². The smallest absolute Gasteiger partial charge is 0.0759 e. The Balaban J connectivity index is 1.93. The number of aryl methyl sites for hydroxylation is 1. The largest absolute Gasteiger partial charge is 0.368 e. The molecule has 0 unspecified atom stereocenters. The second-order valence-electron chi connectivity index (χ2n) is 6.10. The number of aromatic nitrogens is 1. The normalized spacial score (nSPS) is 15.1. The zero-order valence-corrected chi connectivity index (χ0v) is 13.4. The average molecular weight is 303 g/mol. The van der Waals surface area contributed by atoms with Crippen LogP contribution in [0.3, 0.4) is 0 Å². The van der Waals surface area contributed by atoms with E-state index < -0.39 is 0 Å². The molecule has 1 N–H and O–H groups in total. The molecule has 116 valence electrons. The van der Waals surface area contributed by atoms with Gasteiger partial charge in [-0.3, -0.25) is 0 Å². The van der Waals surface area contributed by atoms with E-state index in [0.29, 0.717) is 0 Å². The highest BCUT2D eigenvalue weighted by Crippen LogP contribution is 2.32. The Labute approximate surface area is 137 Å². The number of piperazine rings is 1. The number of para-hydroxylation sites is 1. The molecule has 23 heavy (non-hydrogen) atoms. The second kappa shape index (κ2) is 6.01. The van der Waals surface area contributed by atoms with E-state index in [9.17, 15) is 0 Å². The maximum absolute atomic E-state index is 4.96. The molecule has 1 aliphatic heterocycles. The summed E-state index contributed by atoms with van der Waals surface area (Å²) in [5.74, 6) is 0. The fourth-order valence-electron chi connectivity index (χ4n) is 3.30. The van der Waals surface area contributed by atoms with Gasteiger partial charge in [-0.05, 0) is 18.6 Å². The number of nitrogens with zero attached hydrogens (tertiary/aromatic N) is 2. The van der Waals surface area contributed by atoms with Crippen molar-refractivity contribution in [3.8, 4) is 11.3 Å². The average Bonchev–Trinajstić information content (AvgIpc) is 2.63. The fourth-order valence-corrected chi connectivity index (χ4v) is 3.30. The number of pyridine rings is 1. The SMILES string of the molecule is Cc1cccc2c(N3CCNCC3)cc(-c3ccccc3)nc12. The Morgan fingerprint density at radius 3 is 2.52 bits per heavy atom. The zero-order valence-electron chi connectivity index (χ0n) is 13.4. The van der Waals surface area contributed by atoms with Crippen molar-refractivity contribution in [2.45, 2.75) is 6.92 Å². The van der Waals surface area contributed by atoms with Gasteiger partial charge in [-0.1, -0.05) is 48.5 Å². The van der Waals surface area contributed by atoms with E-state index in [0.717, 1.165) is 37.4 Å². The Morgan fingerprint density at radius 1 is 0.957 bits per heavy atom. The van der Waals surface area contributed by atoms with Crippen molar-refractivity contribution in [1.82, 2.24) is 10.3 Å². The van der Waals surface area contributed by atoms with Gasteiger partial charge < -0.3 is 10.2 Å². The van der Waals surface area contributed by atoms with Gasteiger partial charge >= 0.3 is 0 Å². The molecule has 0 radical (unpaired) electrons. The van der Waals surface area contributed by atoms with Crippen molar-refractivity contribution in [3.63, 3.8) is 0 Å². The molecular formula is C20H21N3. The number of benzene rings is 2. The predicted octanol–water partition coefficient (Wildman–Crippen LogP) is 3.62. The van der Waals surface area contributed by atoms with E-state index in [4.69, 9.17) is 4.98 Å². The Kier molecular flexibility index (Phi) is 3.72. The predicted molar refractivity (Wildman–Crippen MR) is 97.0 cm³/mol. The molecule has 1 fully saturated rings. The molecule has 0 spiro atoms. The van der Waals surface area contributed by atoms with Crippen LogP contribution in [0.2, 0.25) is 0 Å². The molecule has 0 amide bonds. The van der Waals surface area contributed by atoms with Crippen LogP contribution < -0.4 is 10.2 Å². The number of rotatable bonds is 2. The first-order chi connectivity index (χ1) is 11.3. The number of fused-ring (bicyclic) bond motifs is 1. The number of nitrogens with one attached hydrogen (secondary N) is 1. The molecule has 1 aromatic heterocycles. The molecule has 0 atom stereocenters. The molecule has 2 aromatic carbocycles. The summed E-state index contributed by atoms with van der Waals surface area (Å²) in [4.78, 5) is 7.44. The maximum Gasteiger partial charge on any atom is 0.0759 e. The summed E-state index contributed by atoms with van der Waals surface area (Å²) in [7, 11) is 0. The monoisotopic (exact) mass is 303 g/mol. The standard InChI is InChI=1S/C20H21N3/c1-15-6-5-9-17-19(23-12-10-21-11-13-23)14-18(22-20(15)17)16-7-3-2-4-8-16/h2-9,14,21H,10-13H2,1H3. The minimum atomic E-state index is 1.04. The summed E-state index contributed by atoms with van der Waals surface area (Å²) in [6.45, 7) is 6.31. The Bertz CT molecular complexity index is 821. The van der Waals surface area contributed by atoms with Crippen molar-refractivity contribution in [2.75, 3.05) is 31.1 Å². The van der Waals surface area contributed by atoms with Crippen molar-refractivity contribution < 1.29 is 0 Å². The van der Waals surface area contributed by atoms with Gasteiger partial charge in [0, 0.05) is 42.8 Å². The number of anilines is 1. The first-order valence-corrected chi connectivity index (χ1v) is 8.24. The number of hydrogen-bond acceptors (Lipinski definition) is 3. The maximum atomic E-state index is 4.96. The van der Waals surface area contributed by atoms with Crippen molar-refractivity contribution in [2.24, 2.45) is 0 Å². The second-order valence-corrected chi connectivity index (χ2v) is 6.10. The third-order valence-electron chi connectivity index (χ3n) is 4.55. The quantitative estimate of drug-likeness (QED) is 0.784. The van der Waals surface area contributed by atoms with Gasteiger partial charge in [0.05, 0.1) is 11.2 Å². The molecule has 3 heteroatoms. The summed E-state index contributed by atoms with van der Waals surface area (Å²) in [6, 6.07) is 19.2. The third kappa shape index (κ3) is 2.68. The molecule has 3 nitrogen and oxygen atoms in total. The topological polar surface area (TPSA) is 28.2 Å². The van der Waals surface area contributed by atoms with Gasteiger partial charge in [0.25, 0.3) is 0 Å². The van der Waals surface area contributed by atoms with Crippen LogP contribution in [0, 0.1) is 6.92 Å². The fraction of sp³-hybridized carbons (Fsp3) is 0.250. The van der Waals surface area contributed by atoms with Crippen LogP contribution in [-0.2, 0) is 0 Å². The molecule has 0 saturated carbocycles. The summed E-state index contributed by atoms with van der Waals surface area (Å²) >= 11 is 0. The van der Waals surface area contributed by atoms with Crippen LogP contribution in [0.1, 0.15) is 5.56 Å². The van der Waals surface area contributed by atoms with Crippen LogP contribution in [0.5, 0.6) is 0 Å². The highest BCUT2D eigenvalue weighted by molar-refractivity contribution is 5.96. The third-order valence-corrected chi connectivity index (χ3v) is 4.55. The van der Waals surface area contributed by atoms with E-state index in [1.54, 1.807) is 0 Å². The van der Waals surface area contributed by atoms with Gasteiger partial charge in [0.2, 0.25) is 0 Å². The molecule has 3 aromatic rings. The molecule has 2 heterocycles. The van der Waals surface area contributed by atoms with E-state index in [1.807, 2.05) is 6.07 Å².